The molecule has 1 aromatic carbocycles. The standard InChI is InChI=1S/C13H19ClFN/c1-3-4-5-6-11(16)12-10(15)8-7-9(2)13(12)14/h7-8,11H,3-6,16H2,1-2H3/t11-/m1/s1. The summed E-state index contributed by atoms with van der Waals surface area (Å²) < 4.78 is 13.6. The van der Waals surface area contributed by atoms with Gasteiger partial charge in [-0.25, -0.2) is 4.39 Å². The van der Waals surface area contributed by atoms with E-state index in [-0.39, 0.29) is 11.9 Å². The molecule has 0 saturated heterocycles. The molecule has 1 rings (SSSR count). The van der Waals surface area contributed by atoms with Crippen LogP contribution in [0, 0.1) is 12.7 Å². The summed E-state index contributed by atoms with van der Waals surface area (Å²) in [6.45, 7) is 4.00. The third-order valence-corrected chi connectivity index (χ3v) is 3.31. The van der Waals surface area contributed by atoms with Crippen LogP contribution in [0.5, 0.6) is 0 Å². The summed E-state index contributed by atoms with van der Waals surface area (Å²) in [4.78, 5) is 0. The van der Waals surface area contributed by atoms with Crippen molar-refractivity contribution in [1.82, 2.24) is 0 Å². The lowest BCUT2D eigenvalue weighted by Gasteiger charge is -2.15. The predicted molar refractivity (Wildman–Crippen MR) is 67.2 cm³/mol. The van der Waals surface area contributed by atoms with E-state index in [1.165, 1.54) is 6.07 Å². The van der Waals surface area contributed by atoms with Crippen molar-refractivity contribution in [1.29, 1.82) is 0 Å². The van der Waals surface area contributed by atoms with Crippen LogP contribution in [0.2, 0.25) is 5.02 Å². The fourth-order valence-electron chi connectivity index (χ4n) is 1.78. The lowest BCUT2D eigenvalue weighted by Crippen LogP contribution is -2.13. The Hall–Kier alpha value is -0.600. The maximum atomic E-state index is 13.6. The molecule has 1 aromatic rings. The molecular weight excluding hydrogens is 225 g/mol. The average molecular weight is 244 g/mol. The summed E-state index contributed by atoms with van der Waals surface area (Å²) in [5.41, 5.74) is 7.33. The van der Waals surface area contributed by atoms with Crippen LogP contribution in [0.25, 0.3) is 0 Å². The van der Waals surface area contributed by atoms with Crippen molar-refractivity contribution in [3.05, 3.63) is 34.1 Å². The fourth-order valence-corrected chi connectivity index (χ4v) is 2.07. The normalized spacial score (nSPS) is 12.8. The Morgan fingerprint density at radius 2 is 2.06 bits per heavy atom. The molecule has 0 bridgehead atoms. The minimum atomic E-state index is -0.293. The Bertz CT molecular complexity index is 352. The van der Waals surface area contributed by atoms with E-state index in [2.05, 4.69) is 6.92 Å². The van der Waals surface area contributed by atoms with Crippen LogP contribution < -0.4 is 5.73 Å². The van der Waals surface area contributed by atoms with Crippen LogP contribution in [-0.4, -0.2) is 0 Å². The van der Waals surface area contributed by atoms with E-state index in [0.717, 1.165) is 31.2 Å². The quantitative estimate of drug-likeness (QED) is 0.764. The second kappa shape index (κ2) is 6.21. The van der Waals surface area contributed by atoms with Crippen molar-refractivity contribution >= 4 is 11.6 Å². The van der Waals surface area contributed by atoms with Crippen LogP contribution in [-0.2, 0) is 0 Å². The van der Waals surface area contributed by atoms with E-state index in [1.807, 2.05) is 6.92 Å². The first-order valence-corrected chi connectivity index (χ1v) is 6.15. The Morgan fingerprint density at radius 1 is 1.38 bits per heavy atom. The van der Waals surface area contributed by atoms with Gasteiger partial charge >= 0.3 is 0 Å². The third kappa shape index (κ3) is 3.19. The van der Waals surface area contributed by atoms with Crippen molar-refractivity contribution in [3.63, 3.8) is 0 Å². The Balaban J connectivity index is 2.81. The zero-order chi connectivity index (χ0) is 12.1. The highest BCUT2D eigenvalue weighted by Crippen LogP contribution is 2.30. The van der Waals surface area contributed by atoms with Crippen LogP contribution in [0.3, 0.4) is 0 Å². The van der Waals surface area contributed by atoms with E-state index in [1.54, 1.807) is 6.07 Å². The van der Waals surface area contributed by atoms with Crippen LogP contribution in [0.15, 0.2) is 12.1 Å². The predicted octanol–water partition coefficient (Wildman–Crippen LogP) is 4.37. The van der Waals surface area contributed by atoms with Gasteiger partial charge in [-0.1, -0.05) is 43.9 Å². The zero-order valence-corrected chi connectivity index (χ0v) is 10.6. The maximum absolute atomic E-state index is 13.6. The first-order chi connectivity index (χ1) is 7.57. The van der Waals surface area contributed by atoms with E-state index in [4.69, 9.17) is 17.3 Å². The van der Waals surface area contributed by atoms with Crippen molar-refractivity contribution < 1.29 is 4.39 Å². The van der Waals surface area contributed by atoms with E-state index < -0.39 is 0 Å². The highest BCUT2D eigenvalue weighted by molar-refractivity contribution is 6.32. The molecular formula is C13H19ClFN. The molecule has 3 heteroatoms. The maximum Gasteiger partial charge on any atom is 0.129 e. The van der Waals surface area contributed by atoms with Gasteiger partial charge in [-0.3, -0.25) is 0 Å². The minimum absolute atomic E-state index is 0.292. The molecule has 16 heavy (non-hydrogen) atoms. The minimum Gasteiger partial charge on any atom is -0.324 e. The molecule has 0 fully saturated rings. The van der Waals surface area contributed by atoms with Gasteiger partial charge in [0, 0.05) is 11.6 Å². The molecule has 2 N–H and O–H groups in total. The number of hydrogen-bond acceptors (Lipinski definition) is 1. The first kappa shape index (κ1) is 13.5. The lowest BCUT2D eigenvalue weighted by molar-refractivity contribution is 0.538. The molecule has 0 aliphatic rings. The van der Waals surface area contributed by atoms with Crippen LogP contribution in [0.4, 0.5) is 4.39 Å². The van der Waals surface area contributed by atoms with Crippen molar-refractivity contribution in [2.75, 3.05) is 0 Å². The lowest BCUT2D eigenvalue weighted by atomic mass is 9.99. The molecule has 0 unspecified atom stereocenters. The molecule has 0 aromatic heterocycles. The third-order valence-electron chi connectivity index (χ3n) is 2.81. The van der Waals surface area contributed by atoms with E-state index in [9.17, 15) is 4.39 Å². The monoisotopic (exact) mass is 243 g/mol. The second-order valence-corrected chi connectivity index (χ2v) is 4.57. The largest absolute Gasteiger partial charge is 0.324 e. The van der Waals surface area contributed by atoms with E-state index >= 15 is 0 Å². The number of unbranched alkanes of at least 4 members (excludes halogenated alkanes) is 2. The summed E-state index contributed by atoms with van der Waals surface area (Å²) in [5.74, 6) is -0.292. The van der Waals surface area contributed by atoms with Crippen molar-refractivity contribution in [2.24, 2.45) is 5.73 Å². The topological polar surface area (TPSA) is 26.0 Å². The van der Waals surface area contributed by atoms with Gasteiger partial charge in [-0.05, 0) is 25.0 Å². The molecule has 1 nitrogen and oxygen atoms in total. The summed E-state index contributed by atoms with van der Waals surface area (Å²) in [5, 5.41) is 0.476. The Kier molecular flexibility index (Phi) is 5.23. The molecule has 0 aliphatic heterocycles. The van der Waals surface area contributed by atoms with E-state index in [0.29, 0.717) is 10.6 Å². The summed E-state index contributed by atoms with van der Waals surface area (Å²) >= 11 is 6.09. The van der Waals surface area contributed by atoms with Crippen molar-refractivity contribution in [2.45, 2.75) is 45.6 Å². The van der Waals surface area contributed by atoms with Gasteiger partial charge in [-0.2, -0.15) is 0 Å². The Morgan fingerprint density at radius 3 is 2.69 bits per heavy atom. The smallest absolute Gasteiger partial charge is 0.129 e. The summed E-state index contributed by atoms with van der Waals surface area (Å²) in [7, 11) is 0. The SMILES string of the molecule is CCCCC[C@@H](N)c1c(F)ccc(C)c1Cl. The number of aryl methyl sites for hydroxylation is 1. The van der Waals surface area contributed by atoms with Gasteiger partial charge < -0.3 is 5.73 Å². The molecule has 90 valence electrons. The number of rotatable bonds is 5. The number of benzene rings is 1. The first-order valence-electron chi connectivity index (χ1n) is 5.78. The van der Waals surface area contributed by atoms with Gasteiger partial charge in [-0.15, -0.1) is 0 Å². The molecule has 1 atom stereocenters. The molecule has 0 radical (unpaired) electrons. The second-order valence-electron chi connectivity index (χ2n) is 4.19. The van der Waals surface area contributed by atoms with Gasteiger partial charge in [0.1, 0.15) is 5.82 Å². The summed E-state index contributed by atoms with van der Waals surface area (Å²) in [6, 6.07) is 2.83. The van der Waals surface area contributed by atoms with Gasteiger partial charge in [0.25, 0.3) is 0 Å². The van der Waals surface area contributed by atoms with Crippen LogP contribution in [0.1, 0.15) is 49.8 Å². The molecule has 0 saturated carbocycles. The molecule has 0 spiro atoms. The fraction of sp³-hybridized carbons (Fsp3) is 0.538. The van der Waals surface area contributed by atoms with Gasteiger partial charge in [0.2, 0.25) is 0 Å². The molecule has 0 aliphatic carbocycles. The Labute approximate surface area is 102 Å². The summed E-state index contributed by atoms with van der Waals surface area (Å²) in [6.07, 6.45) is 4.06. The van der Waals surface area contributed by atoms with Gasteiger partial charge in [0.15, 0.2) is 0 Å². The highest BCUT2D eigenvalue weighted by atomic mass is 35.5. The average Bonchev–Trinajstić information content (AvgIpc) is 2.24. The molecule has 0 amide bonds. The highest BCUT2D eigenvalue weighted by Gasteiger charge is 2.16. The van der Waals surface area contributed by atoms with Crippen LogP contribution >= 0.6 is 11.6 Å². The van der Waals surface area contributed by atoms with Crippen molar-refractivity contribution in [3.8, 4) is 0 Å². The zero-order valence-electron chi connectivity index (χ0n) is 9.89. The molecule has 0 heterocycles. The number of nitrogens with two attached hydrogens (primary N) is 1. The number of hydrogen-bond donors (Lipinski definition) is 1. The van der Waals surface area contributed by atoms with Gasteiger partial charge in [0.05, 0.1) is 5.02 Å². The number of halogens is 2.